The Morgan fingerprint density at radius 1 is 0.882 bits per heavy atom. The lowest BCUT2D eigenvalue weighted by Crippen LogP contribution is -2.42. The Kier molecular flexibility index (Phi) is 3.85. The quantitative estimate of drug-likeness (QED) is 0.473. The van der Waals surface area contributed by atoms with Gasteiger partial charge >= 0.3 is 0 Å². The molecule has 1 spiro atoms. The third kappa shape index (κ3) is 2.50. The van der Waals surface area contributed by atoms with Gasteiger partial charge in [-0.15, -0.1) is 0 Å². The van der Waals surface area contributed by atoms with Gasteiger partial charge in [-0.25, -0.2) is 0 Å². The number of aryl methyl sites for hydroxylation is 1. The first-order chi connectivity index (χ1) is 16.6. The van der Waals surface area contributed by atoms with Crippen LogP contribution >= 0.6 is 0 Å². The lowest BCUT2D eigenvalue weighted by atomic mass is 9.77. The number of rotatable bonds is 3. The first kappa shape index (κ1) is 19.2. The number of hydrogen-bond acceptors (Lipinski definition) is 6. The minimum atomic E-state index is -0.934. The van der Waals surface area contributed by atoms with E-state index < -0.39 is 5.41 Å². The number of aromatic nitrogens is 3. The van der Waals surface area contributed by atoms with Gasteiger partial charge in [0.25, 0.3) is 0 Å². The molecule has 34 heavy (non-hydrogen) atoms. The largest absolute Gasteiger partial charge is 0.491 e. The van der Waals surface area contributed by atoms with Gasteiger partial charge in [-0.3, -0.25) is 4.79 Å². The van der Waals surface area contributed by atoms with Crippen LogP contribution in [0.5, 0.6) is 17.2 Å². The molecule has 7 rings (SSSR count). The summed E-state index contributed by atoms with van der Waals surface area (Å²) >= 11 is 0. The van der Waals surface area contributed by atoms with Crippen LogP contribution in [0.2, 0.25) is 0 Å². The van der Waals surface area contributed by atoms with Crippen LogP contribution in [-0.2, 0) is 16.8 Å². The van der Waals surface area contributed by atoms with E-state index in [9.17, 15) is 4.79 Å². The van der Waals surface area contributed by atoms with E-state index in [0.717, 1.165) is 33.9 Å². The van der Waals surface area contributed by atoms with Crippen molar-refractivity contribution in [3.05, 3.63) is 89.2 Å². The molecule has 168 valence electrons. The highest BCUT2D eigenvalue weighted by atomic mass is 16.7. The Morgan fingerprint density at radius 2 is 1.65 bits per heavy atom. The molecule has 4 aromatic rings. The van der Waals surface area contributed by atoms with Gasteiger partial charge < -0.3 is 19.1 Å². The molecule has 1 atom stereocenters. The maximum atomic E-state index is 14.2. The number of nitrogens with zero attached hydrogens (tertiary/aromatic N) is 4. The van der Waals surface area contributed by atoms with Crippen molar-refractivity contribution >= 4 is 11.6 Å². The molecule has 0 fully saturated rings. The summed E-state index contributed by atoms with van der Waals surface area (Å²) in [5, 5.41) is 9.28. The Bertz CT molecular complexity index is 1470. The number of carbonyl (C=O) groups excluding carboxylic acids is 1. The smallest absolute Gasteiger partial charge is 0.246 e. The van der Waals surface area contributed by atoms with Crippen LogP contribution < -0.4 is 19.1 Å². The topological polar surface area (TPSA) is 78.7 Å². The summed E-state index contributed by atoms with van der Waals surface area (Å²) in [6.45, 7) is 2.63. The molecule has 8 nitrogen and oxygen atoms in total. The predicted molar refractivity (Wildman–Crippen MR) is 123 cm³/mol. The van der Waals surface area contributed by atoms with Gasteiger partial charge in [0.1, 0.15) is 23.5 Å². The maximum Gasteiger partial charge on any atom is 0.246 e. The second-order valence-electron chi connectivity index (χ2n) is 8.66. The molecule has 0 saturated heterocycles. The van der Waals surface area contributed by atoms with Gasteiger partial charge in [0.15, 0.2) is 11.5 Å². The summed E-state index contributed by atoms with van der Waals surface area (Å²) in [7, 11) is 0. The molecule has 0 aliphatic carbocycles. The van der Waals surface area contributed by atoms with Crippen molar-refractivity contribution in [1.82, 2.24) is 15.0 Å². The summed E-state index contributed by atoms with van der Waals surface area (Å²) in [5.41, 5.74) is 4.05. The van der Waals surface area contributed by atoms with Crippen molar-refractivity contribution in [1.29, 1.82) is 0 Å². The molecule has 3 aliphatic rings. The number of benzene rings is 3. The summed E-state index contributed by atoms with van der Waals surface area (Å²) < 4.78 is 17.2. The third-order valence-corrected chi connectivity index (χ3v) is 6.82. The number of para-hydroxylation sites is 2. The Labute approximate surface area is 195 Å². The zero-order valence-electron chi connectivity index (χ0n) is 18.4. The Balaban J connectivity index is 1.31. The van der Waals surface area contributed by atoms with Gasteiger partial charge in [0.2, 0.25) is 12.7 Å². The number of ether oxygens (including phenoxy) is 3. The average Bonchev–Trinajstić information content (AvgIpc) is 3.62. The van der Waals surface area contributed by atoms with Crippen LogP contribution in [0.3, 0.4) is 0 Å². The fourth-order valence-electron chi connectivity index (χ4n) is 5.10. The zero-order valence-corrected chi connectivity index (χ0v) is 18.4. The first-order valence-electron chi connectivity index (χ1n) is 11.1. The molecule has 0 bridgehead atoms. The summed E-state index contributed by atoms with van der Waals surface area (Å²) in [6, 6.07) is 21.3. The fourth-order valence-corrected chi connectivity index (χ4v) is 5.10. The SMILES string of the molecule is Cc1nn(-c2ccccc2)nc1CN1C(=O)C2(COc3cc4c(cc32)OCO4)c2ccccc21. The molecule has 0 radical (unpaired) electrons. The third-order valence-electron chi connectivity index (χ3n) is 6.82. The lowest BCUT2D eigenvalue weighted by molar-refractivity contribution is -0.122. The first-order valence-corrected chi connectivity index (χ1v) is 11.1. The predicted octanol–water partition coefficient (Wildman–Crippen LogP) is 3.53. The van der Waals surface area contributed by atoms with E-state index in [1.807, 2.05) is 73.7 Å². The van der Waals surface area contributed by atoms with Crippen molar-refractivity contribution < 1.29 is 19.0 Å². The van der Waals surface area contributed by atoms with Crippen molar-refractivity contribution in [3.8, 4) is 22.9 Å². The maximum absolute atomic E-state index is 14.2. The summed E-state index contributed by atoms with van der Waals surface area (Å²) in [5.74, 6) is 1.88. The highest BCUT2D eigenvalue weighted by Gasteiger charge is 2.57. The van der Waals surface area contributed by atoms with E-state index in [2.05, 4.69) is 5.10 Å². The highest BCUT2D eigenvalue weighted by Crippen LogP contribution is 2.55. The van der Waals surface area contributed by atoms with Crippen LogP contribution in [0.4, 0.5) is 5.69 Å². The minimum Gasteiger partial charge on any atom is -0.491 e. The Morgan fingerprint density at radius 3 is 2.50 bits per heavy atom. The van der Waals surface area contributed by atoms with Gasteiger partial charge in [-0.05, 0) is 36.8 Å². The lowest BCUT2D eigenvalue weighted by Gasteiger charge is -2.22. The molecule has 3 aliphatic heterocycles. The zero-order chi connectivity index (χ0) is 22.9. The molecular weight excluding hydrogens is 432 g/mol. The van der Waals surface area contributed by atoms with Crippen molar-refractivity contribution in [2.45, 2.75) is 18.9 Å². The second kappa shape index (κ2) is 6.84. The molecular formula is C26H20N4O4. The monoisotopic (exact) mass is 452 g/mol. The van der Waals surface area contributed by atoms with Crippen LogP contribution in [0.15, 0.2) is 66.7 Å². The minimum absolute atomic E-state index is 0.0417. The van der Waals surface area contributed by atoms with Crippen LogP contribution in [0.25, 0.3) is 5.69 Å². The van der Waals surface area contributed by atoms with Gasteiger partial charge in [-0.2, -0.15) is 15.0 Å². The highest BCUT2D eigenvalue weighted by molar-refractivity contribution is 6.11. The fraction of sp³-hybridized carbons (Fsp3) is 0.192. The molecule has 1 amide bonds. The summed E-state index contributed by atoms with van der Waals surface area (Å²) in [4.78, 5) is 17.6. The van der Waals surface area contributed by atoms with Crippen molar-refractivity contribution in [3.63, 3.8) is 0 Å². The number of amides is 1. The van der Waals surface area contributed by atoms with E-state index in [1.54, 1.807) is 9.70 Å². The molecule has 0 N–H and O–H groups in total. The second-order valence-corrected chi connectivity index (χ2v) is 8.66. The normalized spacial score (nSPS) is 19.4. The molecule has 4 heterocycles. The number of fused-ring (bicyclic) bond motifs is 5. The van der Waals surface area contributed by atoms with Gasteiger partial charge in [-0.1, -0.05) is 36.4 Å². The molecule has 1 aromatic heterocycles. The van der Waals surface area contributed by atoms with E-state index in [0.29, 0.717) is 23.8 Å². The molecule has 1 unspecified atom stereocenters. The van der Waals surface area contributed by atoms with Crippen LogP contribution in [0, 0.1) is 6.92 Å². The molecule has 3 aromatic carbocycles. The van der Waals surface area contributed by atoms with E-state index in [1.165, 1.54) is 0 Å². The van der Waals surface area contributed by atoms with Crippen LogP contribution in [0.1, 0.15) is 22.5 Å². The van der Waals surface area contributed by atoms with E-state index in [4.69, 9.17) is 19.3 Å². The van der Waals surface area contributed by atoms with Gasteiger partial charge in [0.05, 0.1) is 17.9 Å². The number of carbonyl (C=O) groups is 1. The van der Waals surface area contributed by atoms with E-state index in [-0.39, 0.29) is 19.3 Å². The summed E-state index contributed by atoms with van der Waals surface area (Å²) in [6.07, 6.45) is 0. The average molecular weight is 452 g/mol. The van der Waals surface area contributed by atoms with Crippen molar-refractivity contribution in [2.24, 2.45) is 0 Å². The number of hydrogen-bond donors (Lipinski definition) is 0. The molecule has 8 heteroatoms. The van der Waals surface area contributed by atoms with Gasteiger partial charge in [0, 0.05) is 17.3 Å². The van der Waals surface area contributed by atoms with Crippen LogP contribution in [-0.4, -0.2) is 34.3 Å². The molecule has 0 saturated carbocycles. The van der Waals surface area contributed by atoms with E-state index >= 15 is 0 Å². The standard InChI is InChI=1S/C26H20N4O4/c1-16-20(28-30(27-16)17-7-3-2-4-8-17)13-29-21-10-6-5-9-18(21)26(25(29)31)14-32-22-12-24-23(11-19(22)26)33-15-34-24/h2-12H,13-15H2,1H3. The van der Waals surface area contributed by atoms with Crippen molar-refractivity contribution in [2.75, 3.05) is 18.3 Å². The number of anilines is 1. The Hall–Kier alpha value is -4.33.